The standard InChI is InChI=1S/C12H12BrNO2/c13-9-3-1-2-7-4-5-8(11(7)9)6-10(14)12(15)16/h1-3,5,10H,4,6,14H2,(H,15,16)/t10-/m0/s1. The number of fused-ring (bicyclic) bond motifs is 1. The second kappa shape index (κ2) is 4.39. The summed E-state index contributed by atoms with van der Waals surface area (Å²) >= 11 is 3.49. The largest absolute Gasteiger partial charge is 0.480 e. The number of carboxylic acids is 1. The maximum atomic E-state index is 10.7. The molecule has 0 unspecified atom stereocenters. The van der Waals surface area contributed by atoms with Crippen molar-refractivity contribution in [1.29, 1.82) is 0 Å². The summed E-state index contributed by atoms with van der Waals surface area (Å²) in [5.41, 5.74) is 8.91. The molecule has 0 saturated carbocycles. The Bertz CT molecular complexity index is 468. The molecule has 0 aliphatic heterocycles. The molecule has 1 aliphatic carbocycles. The monoisotopic (exact) mass is 281 g/mol. The van der Waals surface area contributed by atoms with Crippen LogP contribution in [0.5, 0.6) is 0 Å². The zero-order valence-corrected chi connectivity index (χ0v) is 10.2. The Morgan fingerprint density at radius 2 is 2.31 bits per heavy atom. The summed E-state index contributed by atoms with van der Waals surface area (Å²) in [4.78, 5) is 10.7. The molecule has 1 aromatic rings. The van der Waals surface area contributed by atoms with Crippen molar-refractivity contribution in [3.63, 3.8) is 0 Å². The summed E-state index contributed by atoms with van der Waals surface area (Å²) in [6.45, 7) is 0. The number of nitrogens with two attached hydrogens (primary N) is 1. The molecule has 0 amide bonds. The number of rotatable bonds is 3. The Balaban J connectivity index is 2.26. The lowest BCUT2D eigenvalue weighted by atomic mass is 10.0. The summed E-state index contributed by atoms with van der Waals surface area (Å²) in [5, 5.41) is 8.80. The van der Waals surface area contributed by atoms with Crippen LogP contribution in [-0.2, 0) is 11.2 Å². The van der Waals surface area contributed by atoms with Gasteiger partial charge in [-0.25, -0.2) is 0 Å². The summed E-state index contributed by atoms with van der Waals surface area (Å²) in [5.74, 6) is -0.957. The first-order chi connectivity index (χ1) is 7.59. The van der Waals surface area contributed by atoms with Gasteiger partial charge < -0.3 is 10.8 Å². The van der Waals surface area contributed by atoms with Crippen LogP contribution in [0.15, 0.2) is 28.7 Å². The van der Waals surface area contributed by atoms with Crippen molar-refractivity contribution in [3.8, 4) is 0 Å². The minimum Gasteiger partial charge on any atom is -0.480 e. The van der Waals surface area contributed by atoms with Crippen LogP contribution in [0.25, 0.3) is 5.57 Å². The van der Waals surface area contributed by atoms with Crippen LogP contribution in [0.1, 0.15) is 17.5 Å². The van der Waals surface area contributed by atoms with Crippen LogP contribution in [0.2, 0.25) is 0 Å². The molecule has 3 N–H and O–H groups in total. The van der Waals surface area contributed by atoms with E-state index in [1.807, 2.05) is 12.1 Å². The summed E-state index contributed by atoms with van der Waals surface area (Å²) in [6.07, 6.45) is 3.29. The van der Waals surface area contributed by atoms with Crippen molar-refractivity contribution >= 4 is 27.5 Å². The van der Waals surface area contributed by atoms with Crippen molar-refractivity contribution in [1.82, 2.24) is 0 Å². The normalized spacial score (nSPS) is 15.5. The van der Waals surface area contributed by atoms with E-state index in [0.717, 1.165) is 22.0 Å². The average molecular weight is 282 g/mol. The topological polar surface area (TPSA) is 63.3 Å². The predicted molar refractivity (Wildman–Crippen MR) is 66.1 cm³/mol. The Kier molecular flexibility index (Phi) is 3.12. The number of aliphatic carboxylic acids is 1. The fourth-order valence-corrected chi connectivity index (χ4v) is 2.61. The lowest BCUT2D eigenvalue weighted by Crippen LogP contribution is -2.30. The molecule has 1 atom stereocenters. The second-order valence-electron chi connectivity index (χ2n) is 3.86. The molecule has 0 heterocycles. The summed E-state index contributed by atoms with van der Waals surface area (Å²) in [7, 11) is 0. The van der Waals surface area contributed by atoms with Crippen LogP contribution in [0, 0.1) is 0 Å². The summed E-state index contributed by atoms with van der Waals surface area (Å²) < 4.78 is 1.01. The Morgan fingerprint density at radius 3 is 3.00 bits per heavy atom. The van der Waals surface area contributed by atoms with Gasteiger partial charge in [-0.2, -0.15) is 0 Å². The molecule has 16 heavy (non-hydrogen) atoms. The first-order valence-corrected chi connectivity index (χ1v) is 5.84. The zero-order valence-electron chi connectivity index (χ0n) is 8.61. The van der Waals surface area contributed by atoms with Crippen molar-refractivity contribution in [3.05, 3.63) is 39.9 Å². The summed E-state index contributed by atoms with van der Waals surface area (Å²) in [6, 6.07) is 5.17. The van der Waals surface area contributed by atoms with Crippen molar-refractivity contribution < 1.29 is 9.90 Å². The highest BCUT2D eigenvalue weighted by Crippen LogP contribution is 2.35. The highest BCUT2D eigenvalue weighted by molar-refractivity contribution is 9.10. The molecule has 0 fully saturated rings. The number of hydrogen-bond acceptors (Lipinski definition) is 2. The van der Waals surface area contributed by atoms with Gasteiger partial charge in [0.15, 0.2) is 0 Å². The molecular formula is C12H12BrNO2. The fourth-order valence-electron chi connectivity index (χ4n) is 1.94. The van der Waals surface area contributed by atoms with Gasteiger partial charge in [-0.15, -0.1) is 0 Å². The van der Waals surface area contributed by atoms with Gasteiger partial charge in [-0.3, -0.25) is 4.79 Å². The molecule has 0 aromatic heterocycles. The zero-order chi connectivity index (χ0) is 11.7. The van der Waals surface area contributed by atoms with Gasteiger partial charge in [0.1, 0.15) is 6.04 Å². The van der Waals surface area contributed by atoms with Crippen molar-refractivity contribution in [2.45, 2.75) is 18.9 Å². The van der Waals surface area contributed by atoms with E-state index in [-0.39, 0.29) is 0 Å². The third-order valence-electron chi connectivity index (χ3n) is 2.75. The molecule has 1 aromatic carbocycles. The minimum absolute atomic E-state index is 0.380. The third kappa shape index (κ3) is 2.03. The molecule has 2 rings (SSSR count). The lowest BCUT2D eigenvalue weighted by molar-refractivity contribution is -0.138. The number of allylic oxidation sites excluding steroid dienone is 1. The highest BCUT2D eigenvalue weighted by Gasteiger charge is 2.21. The van der Waals surface area contributed by atoms with Gasteiger partial charge >= 0.3 is 5.97 Å². The lowest BCUT2D eigenvalue weighted by Gasteiger charge is -2.10. The second-order valence-corrected chi connectivity index (χ2v) is 4.71. The van der Waals surface area contributed by atoms with Gasteiger partial charge in [-0.05, 0) is 35.6 Å². The number of hydrogen-bond donors (Lipinski definition) is 2. The van der Waals surface area contributed by atoms with E-state index in [4.69, 9.17) is 10.8 Å². The van der Waals surface area contributed by atoms with Gasteiger partial charge in [0.05, 0.1) is 0 Å². The van der Waals surface area contributed by atoms with Crippen molar-refractivity contribution in [2.75, 3.05) is 0 Å². The van der Waals surface area contributed by atoms with Gasteiger partial charge in [0, 0.05) is 4.47 Å². The van der Waals surface area contributed by atoms with Gasteiger partial charge in [0.25, 0.3) is 0 Å². The number of carbonyl (C=O) groups is 1. The fraction of sp³-hybridized carbons (Fsp3) is 0.250. The highest BCUT2D eigenvalue weighted by atomic mass is 79.9. The SMILES string of the molecule is N[C@@H](CC1=CCc2cccc(Br)c21)C(=O)O. The van der Waals surface area contributed by atoms with Crippen LogP contribution in [0.4, 0.5) is 0 Å². The minimum atomic E-state index is -0.957. The molecule has 3 nitrogen and oxygen atoms in total. The van der Waals surface area contributed by atoms with E-state index in [0.29, 0.717) is 6.42 Å². The van der Waals surface area contributed by atoms with Gasteiger partial charge in [-0.1, -0.05) is 34.1 Å². The maximum absolute atomic E-state index is 10.7. The Hall–Kier alpha value is -1.13. The molecule has 0 spiro atoms. The Morgan fingerprint density at radius 1 is 1.56 bits per heavy atom. The quantitative estimate of drug-likeness (QED) is 0.893. The smallest absolute Gasteiger partial charge is 0.320 e. The third-order valence-corrected chi connectivity index (χ3v) is 3.41. The molecule has 0 bridgehead atoms. The van der Waals surface area contributed by atoms with E-state index < -0.39 is 12.0 Å². The average Bonchev–Trinajstić information content (AvgIpc) is 2.63. The molecule has 1 aliphatic rings. The first-order valence-electron chi connectivity index (χ1n) is 5.05. The number of halogens is 1. The molecule has 4 heteroatoms. The van der Waals surface area contributed by atoms with Crippen LogP contribution in [0.3, 0.4) is 0 Å². The number of carboxylic acid groups (broad SMARTS) is 1. The predicted octanol–water partition coefficient (Wildman–Crippen LogP) is 2.19. The van der Waals surface area contributed by atoms with E-state index in [9.17, 15) is 4.79 Å². The van der Waals surface area contributed by atoms with Crippen molar-refractivity contribution in [2.24, 2.45) is 5.73 Å². The van der Waals surface area contributed by atoms with Crippen LogP contribution < -0.4 is 5.73 Å². The van der Waals surface area contributed by atoms with Gasteiger partial charge in [0.2, 0.25) is 0 Å². The van der Waals surface area contributed by atoms with E-state index in [1.165, 1.54) is 5.56 Å². The molecule has 0 saturated heterocycles. The van der Waals surface area contributed by atoms with Crippen LogP contribution >= 0.6 is 15.9 Å². The van der Waals surface area contributed by atoms with E-state index in [1.54, 1.807) is 0 Å². The molecular weight excluding hydrogens is 270 g/mol. The van der Waals surface area contributed by atoms with E-state index >= 15 is 0 Å². The first kappa shape index (κ1) is 11.4. The molecule has 0 radical (unpaired) electrons. The maximum Gasteiger partial charge on any atom is 0.320 e. The van der Waals surface area contributed by atoms with E-state index in [2.05, 4.69) is 28.1 Å². The molecule has 84 valence electrons. The van der Waals surface area contributed by atoms with Crippen LogP contribution in [-0.4, -0.2) is 17.1 Å². The Labute approximate surface area is 102 Å². The number of benzene rings is 1.